The summed E-state index contributed by atoms with van der Waals surface area (Å²) >= 11 is 0. The van der Waals surface area contributed by atoms with Gasteiger partial charge in [-0.3, -0.25) is 14.9 Å². The average molecular weight is 482 g/mol. The van der Waals surface area contributed by atoms with Crippen LogP contribution in [0, 0.1) is 17.0 Å². The number of aromatic amines is 1. The molecule has 0 aliphatic carbocycles. The molecule has 0 bridgehead atoms. The number of hydrogen-bond donors (Lipinski definition) is 1. The first-order valence-electron chi connectivity index (χ1n) is 11.0. The molecular formula is C24H26N4O7. The van der Waals surface area contributed by atoms with Crippen LogP contribution in [0.1, 0.15) is 23.2 Å². The molecule has 1 N–H and O–H groups in total. The Bertz CT molecular complexity index is 1290. The Morgan fingerprint density at radius 2 is 1.77 bits per heavy atom. The number of nitrogens with one attached hydrogen (secondary N) is 1. The first-order chi connectivity index (χ1) is 16.8. The van der Waals surface area contributed by atoms with Crippen LogP contribution in [0.25, 0.3) is 10.9 Å². The highest BCUT2D eigenvalue weighted by atomic mass is 16.6. The maximum absolute atomic E-state index is 13.1. The number of aromatic nitrogens is 1. The van der Waals surface area contributed by atoms with Crippen molar-refractivity contribution >= 4 is 28.6 Å². The van der Waals surface area contributed by atoms with Gasteiger partial charge in [-0.05, 0) is 31.0 Å². The second-order valence-electron chi connectivity index (χ2n) is 8.09. The van der Waals surface area contributed by atoms with Crippen LogP contribution in [0.3, 0.4) is 0 Å². The van der Waals surface area contributed by atoms with E-state index in [1.807, 2.05) is 31.2 Å². The molecule has 1 aromatic heterocycles. The normalized spacial score (nSPS) is 13.2. The number of nitrogens with zero attached hydrogens (tertiary/aromatic N) is 3. The molecule has 0 atom stereocenters. The number of para-hydroxylation sites is 1. The largest absolute Gasteiger partial charge is 0.493 e. The topological polar surface area (TPSA) is 127 Å². The lowest BCUT2D eigenvalue weighted by molar-refractivity contribution is -0.385. The zero-order chi connectivity index (χ0) is 25.1. The molecule has 1 fully saturated rings. The summed E-state index contributed by atoms with van der Waals surface area (Å²) in [5.41, 5.74) is 2.61. The minimum absolute atomic E-state index is 0.126. The van der Waals surface area contributed by atoms with E-state index in [-0.39, 0.29) is 41.7 Å². The third-order valence-corrected chi connectivity index (χ3v) is 6.02. The molecule has 3 aromatic rings. The number of H-pyrrole nitrogens is 1. The molecule has 35 heavy (non-hydrogen) atoms. The average Bonchev–Trinajstić information content (AvgIpc) is 3.47. The Kier molecular flexibility index (Phi) is 6.76. The summed E-state index contributed by atoms with van der Waals surface area (Å²) in [6.45, 7) is 2.24. The quantitative estimate of drug-likeness (QED) is 0.401. The number of nitro groups is 1. The van der Waals surface area contributed by atoms with Gasteiger partial charge in [-0.2, -0.15) is 0 Å². The molecule has 1 saturated heterocycles. The summed E-state index contributed by atoms with van der Waals surface area (Å²) in [4.78, 5) is 40.2. The molecular weight excluding hydrogens is 456 g/mol. The van der Waals surface area contributed by atoms with Gasteiger partial charge >= 0.3 is 6.09 Å². The van der Waals surface area contributed by atoms with Crippen molar-refractivity contribution in [3.05, 3.63) is 63.3 Å². The first kappa shape index (κ1) is 23.9. The van der Waals surface area contributed by atoms with Crippen molar-refractivity contribution < 1.29 is 28.7 Å². The molecule has 4 rings (SSSR count). The van der Waals surface area contributed by atoms with Gasteiger partial charge < -0.3 is 19.2 Å². The van der Waals surface area contributed by atoms with Crippen LogP contribution in [-0.2, 0) is 22.6 Å². The number of nitro benzene ring substituents is 1. The van der Waals surface area contributed by atoms with Gasteiger partial charge in [0.05, 0.1) is 37.2 Å². The smallest absolute Gasteiger partial charge is 0.429 e. The van der Waals surface area contributed by atoms with Gasteiger partial charge in [-0.15, -0.1) is 0 Å². The van der Waals surface area contributed by atoms with Crippen LogP contribution in [0.4, 0.5) is 10.5 Å². The highest BCUT2D eigenvalue weighted by Gasteiger charge is 2.33. The van der Waals surface area contributed by atoms with Gasteiger partial charge in [0.1, 0.15) is 6.61 Å². The lowest BCUT2D eigenvalue weighted by Gasteiger charge is -2.27. The SMILES string of the molecule is COc1cc(COC(=O)N2CCCN2C(=O)Cc2c(C)[nH]c3ccccc23)c([N+](=O)[O-])cc1OC. The molecule has 2 aromatic carbocycles. The Labute approximate surface area is 201 Å². The molecule has 1 aliphatic heterocycles. The summed E-state index contributed by atoms with van der Waals surface area (Å²) in [6, 6.07) is 10.4. The lowest BCUT2D eigenvalue weighted by Crippen LogP contribution is -2.45. The summed E-state index contributed by atoms with van der Waals surface area (Å²) in [7, 11) is 2.78. The third kappa shape index (κ3) is 4.70. The Hall–Kier alpha value is -4.28. The highest BCUT2D eigenvalue weighted by Crippen LogP contribution is 2.35. The van der Waals surface area contributed by atoms with E-state index in [1.54, 1.807) is 0 Å². The minimum atomic E-state index is -0.754. The highest BCUT2D eigenvalue weighted by molar-refractivity contribution is 5.90. The van der Waals surface area contributed by atoms with Crippen molar-refractivity contribution in [2.45, 2.75) is 26.4 Å². The molecule has 11 nitrogen and oxygen atoms in total. The fraction of sp³-hybridized carbons (Fsp3) is 0.333. The maximum atomic E-state index is 13.1. The zero-order valence-corrected chi connectivity index (χ0v) is 19.7. The predicted molar refractivity (Wildman–Crippen MR) is 126 cm³/mol. The van der Waals surface area contributed by atoms with E-state index >= 15 is 0 Å². The molecule has 0 spiro atoms. The van der Waals surface area contributed by atoms with Gasteiger partial charge in [0.2, 0.25) is 5.91 Å². The van der Waals surface area contributed by atoms with Gasteiger partial charge in [-0.25, -0.2) is 14.8 Å². The van der Waals surface area contributed by atoms with Gasteiger partial charge in [-0.1, -0.05) is 18.2 Å². The molecule has 1 aliphatic rings. The number of amides is 2. The van der Waals surface area contributed by atoms with E-state index in [9.17, 15) is 19.7 Å². The fourth-order valence-electron chi connectivity index (χ4n) is 4.28. The molecule has 2 heterocycles. The molecule has 11 heteroatoms. The number of fused-ring (bicyclic) bond motifs is 1. The van der Waals surface area contributed by atoms with Crippen LogP contribution < -0.4 is 9.47 Å². The van der Waals surface area contributed by atoms with E-state index in [2.05, 4.69) is 4.98 Å². The van der Waals surface area contributed by atoms with E-state index in [0.29, 0.717) is 19.5 Å². The number of benzene rings is 2. The number of hydrazine groups is 1. The number of methoxy groups -OCH3 is 2. The minimum Gasteiger partial charge on any atom is -0.493 e. The van der Waals surface area contributed by atoms with Gasteiger partial charge in [0.15, 0.2) is 11.5 Å². The number of carbonyl (C=O) groups is 2. The number of rotatable bonds is 7. The van der Waals surface area contributed by atoms with Crippen LogP contribution in [0.5, 0.6) is 11.5 Å². The van der Waals surface area contributed by atoms with Crippen molar-refractivity contribution in [2.75, 3.05) is 27.3 Å². The number of ether oxygens (including phenoxy) is 3. The van der Waals surface area contributed by atoms with Crippen molar-refractivity contribution in [1.29, 1.82) is 0 Å². The number of carbonyl (C=O) groups excluding carboxylic acids is 2. The number of aryl methyl sites for hydroxylation is 1. The molecule has 184 valence electrons. The van der Waals surface area contributed by atoms with Crippen molar-refractivity contribution in [3.8, 4) is 11.5 Å². The fourth-order valence-corrected chi connectivity index (χ4v) is 4.28. The van der Waals surface area contributed by atoms with E-state index in [0.717, 1.165) is 22.2 Å². The second-order valence-corrected chi connectivity index (χ2v) is 8.09. The van der Waals surface area contributed by atoms with Crippen LogP contribution in [0.2, 0.25) is 0 Å². The second kappa shape index (κ2) is 9.92. The summed E-state index contributed by atoms with van der Waals surface area (Å²) in [5.74, 6) is 0.235. The summed E-state index contributed by atoms with van der Waals surface area (Å²) in [6.07, 6.45) is -0.0269. The van der Waals surface area contributed by atoms with Crippen molar-refractivity contribution in [1.82, 2.24) is 15.0 Å². The van der Waals surface area contributed by atoms with Crippen molar-refractivity contribution in [3.63, 3.8) is 0 Å². The maximum Gasteiger partial charge on any atom is 0.429 e. The zero-order valence-electron chi connectivity index (χ0n) is 19.7. The summed E-state index contributed by atoms with van der Waals surface area (Å²) < 4.78 is 15.7. The number of hydrogen-bond acceptors (Lipinski definition) is 7. The Balaban J connectivity index is 1.48. The third-order valence-electron chi connectivity index (χ3n) is 6.02. The Morgan fingerprint density at radius 1 is 1.09 bits per heavy atom. The van der Waals surface area contributed by atoms with Gasteiger partial charge in [0.25, 0.3) is 5.69 Å². The van der Waals surface area contributed by atoms with Crippen molar-refractivity contribution in [2.24, 2.45) is 0 Å². The van der Waals surface area contributed by atoms with Crippen LogP contribution in [0.15, 0.2) is 36.4 Å². The standard InChI is InChI=1S/C24H26N4O7/c1-15-18(17-7-4-5-8-19(17)25-15)12-23(29)26-9-6-10-27(26)24(30)35-14-16-11-21(33-2)22(34-3)13-20(16)28(31)32/h4-5,7-8,11,13,25H,6,9-10,12,14H2,1-3H3. The monoisotopic (exact) mass is 482 g/mol. The predicted octanol–water partition coefficient (Wildman–Crippen LogP) is 3.73. The lowest BCUT2D eigenvalue weighted by atomic mass is 10.1. The Morgan fingerprint density at radius 3 is 2.49 bits per heavy atom. The first-order valence-corrected chi connectivity index (χ1v) is 11.0. The molecule has 0 radical (unpaired) electrons. The van der Waals surface area contributed by atoms with E-state index < -0.39 is 11.0 Å². The van der Waals surface area contributed by atoms with Gasteiger partial charge in [0, 0.05) is 29.7 Å². The molecule has 2 amide bonds. The summed E-state index contributed by atoms with van der Waals surface area (Å²) in [5, 5.41) is 15.1. The van der Waals surface area contributed by atoms with Crippen LogP contribution >= 0.6 is 0 Å². The van der Waals surface area contributed by atoms with E-state index in [1.165, 1.54) is 36.4 Å². The van der Waals surface area contributed by atoms with E-state index in [4.69, 9.17) is 14.2 Å². The molecule has 0 saturated carbocycles. The van der Waals surface area contributed by atoms with Crippen LogP contribution in [-0.4, -0.2) is 59.2 Å². The molecule has 0 unspecified atom stereocenters.